The number of hydrogen-bond acceptors (Lipinski definition) is 1. The van der Waals surface area contributed by atoms with Crippen LogP contribution in [0.5, 0.6) is 0 Å². The number of rotatable bonds is 5. The minimum atomic E-state index is -1.27. The molecule has 1 nitrogen and oxygen atoms in total. The van der Waals surface area contributed by atoms with E-state index in [4.69, 9.17) is 23.2 Å². The second-order valence-electron chi connectivity index (χ2n) is 4.81. The Balaban J connectivity index is 2.42. The average Bonchev–Trinajstić information content (AvgIpc) is 2.43. The lowest BCUT2D eigenvalue weighted by Crippen LogP contribution is -2.29. The molecule has 0 saturated heterocycles. The van der Waals surface area contributed by atoms with Crippen molar-refractivity contribution in [3.63, 3.8) is 0 Å². The Labute approximate surface area is 124 Å². The molecule has 0 aliphatic carbocycles. The van der Waals surface area contributed by atoms with E-state index in [1.165, 1.54) is 0 Å². The lowest BCUT2D eigenvalue weighted by Gasteiger charge is -2.27. The van der Waals surface area contributed by atoms with Gasteiger partial charge in [0.15, 0.2) is 4.33 Å². The molecule has 3 heteroatoms. The van der Waals surface area contributed by atoms with Gasteiger partial charge in [0.25, 0.3) is 0 Å². The molecule has 0 aromatic heterocycles. The summed E-state index contributed by atoms with van der Waals surface area (Å²) in [6, 6.07) is 13.7. The third-order valence-electron chi connectivity index (χ3n) is 3.40. The highest BCUT2D eigenvalue weighted by molar-refractivity contribution is 6.49. The smallest absolute Gasteiger partial charge is 0.169 e. The molecule has 0 aliphatic rings. The fourth-order valence-corrected chi connectivity index (χ4v) is 2.82. The van der Waals surface area contributed by atoms with Gasteiger partial charge < -0.3 is 5.11 Å². The first-order valence-electron chi connectivity index (χ1n) is 6.61. The van der Waals surface area contributed by atoms with Crippen LogP contribution in [0.2, 0.25) is 0 Å². The zero-order valence-corrected chi connectivity index (χ0v) is 12.5. The summed E-state index contributed by atoms with van der Waals surface area (Å²) < 4.78 is -1.27. The first-order valence-corrected chi connectivity index (χ1v) is 7.37. The molecule has 1 unspecified atom stereocenters. The molecular formula is C16H18Cl2O. The van der Waals surface area contributed by atoms with Crippen LogP contribution in [-0.2, 0) is 4.33 Å². The summed E-state index contributed by atoms with van der Waals surface area (Å²) in [6.07, 6.45) is 1.76. The van der Waals surface area contributed by atoms with E-state index in [0.717, 1.165) is 29.2 Å². The van der Waals surface area contributed by atoms with E-state index in [1.54, 1.807) is 0 Å². The van der Waals surface area contributed by atoms with Gasteiger partial charge in [-0.2, -0.15) is 0 Å². The number of aliphatic hydroxyl groups is 1. The molecule has 2 aromatic carbocycles. The first kappa shape index (κ1) is 14.6. The van der Waals surface area contributed by atoms with Gasteiger partial charge in [-0.05, 0) is 22.8 Å². The van der Waals surface area contributed by atoms with Crippen LogP contribution in [0.25, 0.3) is 10.8 Å². The minimum Gasteiger partial charge on any atom is -0.390 e. The van der Waals surface area contributed by atoms with Gasteiger partial charge in [-0.25, -0.2) is 0 Å². The molecule has 2 aromatic rings. The van der Waals surface area contributed by atoms with Gasteiger partial charge in [0.2, 0.25) is 0 Å². The molecule has 0 spiro atoms. The zero-order valence-electron chi connectivity index (χ0n) is 10.9. The quantitative estimate of drug-likeness (QED) is 0.768. The Morgan fingerprint density at radius 1 is 1.11 bits per heavy atom. The maximum atomic E-state index is 10.3. The van der Waals surface area contributed by atoms with Gasteiger partial charge >= 0.3 is 0 Å². The topological polar surface area (TPSA) is 20.2 Å². The van der Waals surface area contributed by atoms with Crippen molar-refractivity contribution < 1.29 is 5.11 Å². The minimum absolute atomic E-state index is 0.604. The molecule has 1 N–H and O–H groups in total. The van der Waals surface area contributed by atoms with Crippen LogP contribution < -0.4 is 0 Å². The third kappa shape index (κ3) is 3.05. The van der Waals surface area contributed by atoms with Gasteiger partial charge in [0, 0.05) is 0 Å². The summed E-state index contributed by atoms with van der Waals surface area (Å²) in [5, 5.41) is 12.3. The van der Waals surface area contributed by atoms with Gasteiger partial charge in [0.05, 0.1) is 6.10 Å². The molecular weight excluding hydrogens is 279 g/mol. The van der Waals surface area contributed by atoms with Crippen molar-refractivity contribution in [2.45, 2.75) is 36.6 Å². The van der Waals surface area contributed by atoms with E-state index in [2.05, 4.69) is 6.92 Å². The highest BCUT2D eigenvalue weighted by Gasteiger charge is 2.36. The summed E-state index contributed by atoms with van der Waals surface area (Å²) in [4.78, 5) is 0. The Morgan fingerprint density at radius 2 is 1.79 bits per heavy atom. The van der Waals surface area contributed by atoms with Gasteiger partial charge in [0.1, 0.15) is 0 Å². The van der Waals surface area contributed by atoms with E-state index in [0.29, 0.717) is 6.42 Å². The van der Waals surface area contributed by atoms with E-state index in [1.807, 2.05) is 42.5 Å². The fourth-order valence-electron chi connectivity index (χ4n) is 2.27. The number of aliphatic hydroxyl groups excluding tert-OH is 1. The predicted molar refractivity (Wildman–Crippen MR) is 82.9 cm³/mol. The Kier molecular flexibility index (Phi) is 4.72. The van der Waals surface area contributed by atoms with Crippen molar-refractivity contribution in [1.82, 2.24) is 0 Å². The largest absolute Gasteiger partial charge is 0.390 e. The van der Waals surface area contributed by atoms with Crippen molar-refractivity contribution >= 4 is 34.0 Å². The molecule has 2 rings (SSSR count). The van der Waals surface area contributed by atoms with Gasteiger partial charge in [-0.15, -0.1) is 0 Å². The van der Waals surface area contributed by atoms with Crippen LogP contribution in [-0.4, -0.2) is 11.2 Å². The number of alkyl halides is 2. The van der Waals surface area contributed by atoms with E-state index in [9.17, 15) is 5.11 Å². The summed E-state index contributed by atoms with van der Waals surface area (Å²) in [6.45, 7) is 2.08. The molecule has 0 radical (unpaired) electrons. The maximum Gasteiger partial charge on any atom is 0.169 e. The fraction of sp³-hybridized carbons (Fsp3) is 0.375. The standard InChI is InChI=1S/C16H18Cl2O/c1-2-3-11-15(19)16(17,18)14-10-6-8-12-7-4-5-9-13(12)14/h4-10,15,19H,2-3,11H2,1H3. The third-order valence-corrected chi connectivity index (χ3v) is 4.31. The molecule has 19 heavy (non-hydrogen) atoms. The number of halogens is 2. The molecule has 0 amide bonds. The second kappa shape index (κ2) is 6.13. The van der Waals surface area contributed by atoms with Crippen LogP contribution in [0.15, 0.2) is 42.5 Å². The number of fused-ring (bicyclic) bond motifs is 1. The molecule has 0 aliphatic heterocycles. The average molecular weight is 297 g/mol. The van der Waals surface area contributed by atoms with Crippen LogP contribution in [0.4, 0.5) is 0 Å². The van der Waals surface area contributed by atoms with Crippen molar-refractivity contribution in [2.75, 3.05) is 0 Å². The zero-order chi connectivity index (χ0) is 13.9. The number of benzene rings is 2. The highest BCUT2D eigenvalue weighted by atomic mass is 35.5. The SMILES string of the molecule is CCCCC(O)C(Cl)(Cl)c1cccc2ccccc12. The molecule has 0 saturated carbocycles. The molecule has 0 bridgehead atoms. The normalized spacial score (nSPS) is 13.7. The number of hydrogen-bond donors (Lipinski definition) is 1. The summed E-state index contributed by atoms with van der Waals surface area (Å²) in [5.74, 6) is 0. The van der Waals surface area contributed by atoms with Crippen LogP contribution in [0.1, 0.15) is 31.7 Å². The van der Waals surface area contributed by atoms with Gasteiger partial charge in [-0.1, -0.05) is 85.4 Å². The van der Waals surface area contributed by atoms with Crippen molar-refractivity contribution in [3.05, 3.63) is 48.0 Å². The Morgan fingerprint density at radius 3 is 2.53 bits per heavy atom. The molecule has 1 atom stereocenters. The highest BCUT2D eigenvalue weighted by Crippen LogP contribution is 2.42. The van der Waals surface area contributed by atoms with Crippen LogP contribution in [0.3, 0.4) is 0 Å². The molecule has 102 valence electrons. The molecule has 0 heterocycles. The Bertz CT molecular complexity index is 546. The maximum absolute atomic E-state index is 10.3. The summed E-state index contributed by atoms with van der Waals surface area (Å²) in [5.41, 5.74) is 0.775. The van der Waals surface area contributed by atoms with Gasteiger partial charge in [-0.3, -0.25) is 0 Å². The second-order valence-corrected chi connectivity index (χ2v) is 6.19. The first-order chi connectivity index (χ1) is 9.07. The van der Waals surface area contributed by atoms with E-state index in [-0.39, 0.29) is 0 Å². The van der Waals surface area contributed by atoms with Crippen LogP contribution in [0, 0.1) is 0 Å². The van der Waals surface area contributed by atoms with E-state index < -0.39 is 10.4 Å². The lowest BCUT2D eigenvalue weighted by molar-refractivity contribution is 0.143. The lowest BCUT2D eigenvalue weighted by atomic mass is 9.97. The van der Waals surface area contributed by atoms with Crippen molar-refractivity contribution in [2.24, 2.45) is 0 Å². The predicted octanol–water partition coefficient (Wildman–Crippen LogP) is 5.02. The van der Waals surface area contributed by atoms with E-state index >= 15 is 0 Å². The van der Waals surface area contributed by atoms with Crippen molar-refractivity contribution in [1.29, 1.82) is 0 Å². The van der Waals surface area contributed by atoms with Crippen molar-refractivity contribution in [3.8, 4) is 0 Å². The Hall–Kier alpha value is -0.760. The monoisotopic (exact) mass is 296 g/mol. The molecule has 0 fully saturated rings. The summed E-state index contributed by atoms with van der Waals surface area (Å²) >= 11 is 12.9. The van der Waals surface area contributed by atoms with Crippen LogP contribution >= 0.6 is 23.2 Å². The number of unbranched alkanes of at least 4 members (excludes halogenated alkanes) is 1. The summed E-state index contributed by atoms with van der Waals surface area (Å²) in [7, 11) is 0.